The Bertz CT molecular complexity index is 221. The van der Waals surface area contributed by atoms with Crippen LogP contribution in [-0.4, -0.2) is 23.9 Å². The van der Waals surface area contributed by atoms with Gasteiger partial charge in [-0.15, -0.1) is 0 Å². The summed E-state index contributed by atoms with van der Waals surface area (Å²) < 4.78 is 6.01. The lowest BCUT2D eigenvalue weighted by atomic mass is 9.79. The number of aliphatic hydroxyl groups is 1. The lowest BCUT2D eigenvalue weighted by Gasteiger charge is -2.35. The Morgan fingerprint density at radius 3 is 2.47 bits per heavy atom. The summed E-state index contributed by atoms with van der Waals surface area (Å²) >= 11 is 0. The van der Waals surface area contributed by atoms with Crippen LogP contribution in [0.4, 0.5) is 0 Å². The van der Waals surface area contributed by atoms with E-state index in [-0.39, 0.29) is 12.2 Å². The Morgan fingerprint density at radius 2 is 1.82 bits per heavy atom. The zero-order valence-electron chi connectivity index (χ0n) is 11.4. The SMILES string of the molecule is CC(C)C1CCC(O)C(OCC2CCCC2)C1. The van der Waals surface area contributed by atoms with Crippen LogP contribution in [0.5, 0.6) is 0 Å². The van der Waals surface area contributed by atoms with Crippen molar-refractivity contribution in [2.75, 3.05) is 6.61 Å². The summed E-state index contributed by atoms with van der Waals surface area (Å²) in [6.45, 7) is 5.46. The van der Waals surface area contributed by atoms with Gasteiger partial charge in [-0.3, -0.25) is 0 Å². The minimum absolute atomic E-state index is 0.108. The van der Waals surface area contributed by atoms with E-state index in [1.165, 1.54) is 32.1 Å². The van der Waals surface area contributed by atoms with Gasteiger partial charge in [0.05, 0.1) is 12.2 Å². The Balaban J connectivity index is 1.76. The quantitative estimate of drug-likeness (QED) is 0.816. The molecule has 0 aliphatic heterocycles. The van der Waals surface area contributed by atoms with Gasteiger partial charge in [0.1, 0.15) is 0 Å². The second-order valence-corrected chi connectivity index (χ2v) is 6.41. The van der Waals surface area contributed by atoms with Crippen LogP contribution in [0.25, 0.3) is 0 Å². The summed E-state index contributed by atoms with van der Waals surface area (Å²) in [6, 6.07) is 0. The molecule has 17 heavy (non-hydrogen) atoms. The number of aliphatic hydroxyl groups excluding tert-OH is 1. The van der Waals surface area contributed by atoms with Gasteiger partial charge in [-0.25, -0.2) is 0 Å². The minimum atomic E-state index is -0.216. The molecule has 2 saturated carbocycles. The van der Waals surface area contributed by atoms with E-state index in [4.69, 9.17) is 4.74 Å². The molecule has 2 aliphatic carbocycles. The first-order chi connectivity index (χ1) is 8.16. The molecule has 2 fully saturated rings. The van der Waals surface area contributed by atoms with E-state index in [1.54, 1.807) is 0 Å². The Morgan fingerprint density at radius 1 is 1.12 bits per heavy atom. The molecule has 0 amide bonds. The Kier molecular flexibility index (Phi) is 4.87. The molecule has 0 aromatic carbocycles. The standard InChI is InChI=1S/C15H28O2/c1-11(2)13-7-8-14(16)15(9-13)17-10-12-5-3-4-6-12/h11-16H,3-10H2,1-2H3. The molecule has 2 aliphatic rings. The largest absolute Gasteiger partial charge is 0.390 e. The maximum Gasteiger partial charge on any atom is 0.0836 e. The third-order valence-electron chi connectivity index (χ3n) is 4.76. The van der Waals surface area contributed by atoms with Crippen LogP contribution in [0.3, 0.4) is 0 Å². The van der Waals surface area contributed by atoms with Crippen LogP contribution in [0.15, 0.2) is 0 Å². The Hall–Kier alpha value is -0.0800. The highest BCUT2D eigenvalue weighted by Gasteiger charge is 2.31. The van der Waals surface area contributed by atoms with E-state index in [0.717, 1.165) is 37.2 Å². The van der Waals surface area contributed by atoms with Crippen LogP contribution in [-0.2, 0) is 4.74 Å². The molecular formula is C15H28O2. The van der Waals surface area contributed by atoms with Crippen molar-refractivity contribution in [2.45, 2.75) is 71.0 Å². The predicted octanol–water partition coefficient (Wildman–Crippen LogP) is 3.38. The fraction of sp³-hybridized carbons (Fsp3) is 1.00. The summed E-state index contributed by atoms with van der Waals surface area (Å²) in [4.78, 5) is 0. The van der Waals surface area contributed by atoms with Crippen molar-refractivity contribution in [1.82, 2.24) is 0 Å². The second-order valence-electron chi connectivity index (χ2n) is 6.41. The number of hydrogen-bond acceptors (Lipinski definition) is 2. The van der Waals surface area contributed by atoms with Crippen molar-refractivity contribution in [3.8, 4) is 0 Å². The van der Waals surface area contributed by atoms with Gasteiger partial charge in [0.15, 0.2) is 0 Å². The van der Waals surface area contributed by atoms with Crippen LogP contribution in [0.2, 0.25) is 0 Å². The lowest BCUT2D eigenvalue weighted by molar-refractivity contribution is -0.0846. The van der Waals surface area contributed by atoms with Crippen LogP contribution >= 0.6 is 0 Å². The lowest BCUT2D eigenvalue weighted by Crippen LogP contribution is -2.38. The number of hydrogen-bond donors (Lipinski definition) is 1. The highest BCUT2D eigenvalue weighted by atomic mass is 16.5. The monoisotopic (exact) mass is 240 g/mol. The smallest absolute Gasteiger partial charge is 0.0836 e. The van der Waals surface area contributed by atoms with Gasteiger partial charge in [-0.05, 0) is 49.9 Å². The summed E-state index contributed by atoms with van der Waals surface area (Å²) in [7, 11) is 0. The maximum absolute atomic E-state index is 10.0. The first-order valence-electron chi connectivity index (χ1n) is 7.46. The van der Waals surface area contributed by atoms with Crippen LogP contribution in [0, 0.1) is 17.8 Å². The zero-order chi connectivity index (χ0) is 12.3. The third-order valence-corrected chi connectivity index (χ3v) is 4.76. The molecule has 0 bridgehead atoms. The average Bonchev–Trinajstić information content (AvgIpc) is 2.80. The number of ether oxygens (including phenoxy) is 1. The second kappa shape index (κ2) is 6.19. The molecule has 0 aromatic rings. The van der Waals surface area contributed by atoms with Crippen molar-refractivity contribution < 1.29 is 9.84 Å². The van der Waals surface area contributed by atoms with Crippen molar-refractivity contribution in [3.63, 3.8) is 0 Å². The summed E-state index contributed by atoms with van der Waals surface area (Å²) in [5.74, 6) is 2.23. The van der Waals surface area contributed by atoms with E-state index in [9.17, 15) is 5.11 Å². The van der Waals surface area contributed by atoms with Crippen molar-refractivity contribution in [3.05, 3.63) is 0 Å². The van der Waals surface area contributed by atoms with Crippen molar-refractivity contribution in [2.24, 2.45) is 17.8 Å². The van der Waals surface area contributed by atoms with Gasteiger partial charge < -0.3 is 9.84 Å². The van der Waals surface area contributed by atoms with E-state index in [0.29, 0.717) is 0 Å². The van der Waals surface area contributed by atoms with Crippen molar-refractivity contribution >= 4 is 0 Å². The maximum atomic E-state index is 10.0. The summed E-state index contributed by atoms with van der Waals surface area (Å²) in [5, 5.41) is 10.0. The fourth-order valence-corrected chi connectivity index (χ4v) is 3.37. The molecule has 100 valence electrons. The van der Waals surface area contributed by atoms with Gasteiger partial charge in [-0.2, -0.15) is 0 Å². The van der Waals surface area contributed by atoms with Gasteiger partial charge in [-0.1, -0.05) is 26.7 Å². The van der Waals surface area contributed by atoms with Crippen molar-refractivity contribution in [1.29, 1.82) is 0 Å². The normalized spacial score (nSPS) is 35.6. The summed E-state index contributed by atoms with van der Waals surface area (Å²) in [6.07, 6.45) is 8.45. The zero-order valence-corrected chi connectivity index (χ0v) is 11.4. The van der Waals surface area contributed by atoms with Crippen LogP contribution in [0.1, 0.15) is 58.8 Å². The molecule has 3 atom stereocenters. The fourth-order valence-electron chi connectivity index (χ4n) is 3.37. The molecule has 0 aromatic heterocycles. The summed E-state index contributed by atoms with van der Waals surface area (Å²) in [5.41, 5.74) is 0. The minimum Gasteiger partial charge on any atom is -0.390 e. The van der Waals surface area contributed by atoms with E-state index < -0.39 is 0 Å². The molecular weight excluding hydrogens is 212 g/mol. The molecule has 2 rings (SSSR count). The molecule has 0 saturated heterocycles. The predicted molar refractivity (Wildman–Crippen MR) is 69.9 cm³/mol. The van der Waals surface area contributed by atoms with Crippen LogP contribution < -0.4 is 0 Å². The van der Waals surface area contributed by atoms with E-state index in [2.05, 4.69) is 13.8 Å². The first-order valence-corrected chi connectivity index (χ1v) is 7.46. The highest BCUT2D eigenvalue weighted by Crippen LogP contribution is 2.33. The number of rotatable bonds is 4. The Labute approximate surface area is 106 Å². The molecule has 2 heteroatoms. The van der Waals surface area contributed by atoms with Gasteiger partial charge >= 0.3 is 0 Å². The van der Waals surface area contributed by atoms with Gasteiger partial charge in [0.2, 0.25) is 0 Å². The molecule has 0 radical (unpaired) electrons. The molecule has 3 unspecified atom stereocenters. The third kappa shape index (κ3) is 3.69. The first kappa shape index (κ1) is 13.4. The molecule has 0 heterocycles. The van der Waals surface area contributed by atoms with E-state index in [1.807, 2.05) is 0 Å². The van der Waals surface area contributed by atoms with Gasteiger partial charge in [0.25, 0.3) is 0 Å². The van der Waals surface area contributed by atoms with Gasteiger partial charge in [0, 0.05) is 6.61 Å². The highest BCUT2D eigenvalue weighted by molar-refractivity contribution is 4.82. The van der Waals surface area contributed by atoms with E-state index >= 15 is 0 Å². The topological polar surface area (TPSA) is 29.5 Å². The molecule has 1 N–H and O–H groups in total. The molecule has 2 nitrogen and oxygen atoms in total. The molecule has 0 spiro atoms. The average molecular weight is 240 g/mol.